The molecule has 1 amide bonds. The summed E-state index contributed by atoms with van der Waals surface area (Å²) in [6, 6.07) is 7.57. The number of aromatic nitrogens is 2. The zero-order valence-corrected chi connectivity index (χ0v) is 12.5. The van der Waals surface area contributed by atoms with E-state index in [0.29, 0.717) is 5.82 Å². The highest BCUT2D eigenvalue weighted by Gasteiger charge is 2.10. The van der Waals surface area contributed by atoms with E-state index in [0.717, 1.165) is 15.8 Å². The van der Waals surface area contributed by atoms with Gasteiger partial charge in [0.15, 0.2) is 0 Å². The van der Waals surface area contributed by atoms with Crippen LogP contribution in [0.2, 0.25) is 0 Å². The van der Waals surface area contributed by atoms with Crippen LogP contribution in [0.15, 0.2) is 36.7 Å². The van der Waals surface area contributed by atoms with Crippen LogP contribution in [0, 0.1) is 3.57 Å². The van der Waals surface area contributed by atoms with Crippen molar-refractivity contribution in [3.05, 3.63) is 45.9 Å². The molecule has 1 heterocycles. The van der Waals surface area contributed by atoms with Gasteiger partial charge in [-0.3, -0.25) is 9.78 Å². The van der Waals surface area contributed by atoms with Crippen molar-refractivity contribution < 1.29 is 4.79 Å². The fourth-order valence-electron chi connectivity index (χ4n) is 1.49. The van der Waals surface area contributed by atoms with Crippen LogP contribution in [-0.2, 0) is 0 Å². The Hall–Kier alpha value is -1.70. The third-order valence-corrected chi connectivity index (χ3v) is 3.29. The van der Waals surface area contributed by atoms with Crippen LogP contribution in [0.25, 0.3) is 0 Å². The molecule has 1 aromatic heterocycles. The summed E-state index contributed by atoms with van der Waals surface area (Å²) in [7, 11) is 0. The van der Waals surface area contributed by atoms with Crippen LogP contribution >= 0.6 is 22.6 Å². The first-order chi connectivity index (χ1) is 9.20. The summed E-state index contributed by atoms with van der Waals surface area (Å²) in [5.74, 6) is 0.328. The van der Waals surface area contributed by atoms with Crippen LogP contribution < -0.4 is 10.6 Å². The summed E-state index contributed by atoms with van der Waals surface area (Å²) in [5.41, 5.74) is 1.06. The van der Waals surface area contributed by atoms with Crippen LogP contribution in [0.5, 0.6) is 0 Å². The first kappa shape index (κ1) is 13.7. The summed E-state index contributed by atoms with van der Waals surface area (Å²) in [6.45, 7) is 2.69. The Bertz CT molecular complexity index is 588. The molecule has 0 atom stereocenters. The highest BCUT2D eigenvalue weighted by molar-refractivity contribution is 14.1. The Kier molecular flexibility index (Phi) is 4.67. The summed E-state index contributed by atoms with van der Waals surface area (Å²) in [6.07, 6.45) is 3.04. The molecule has 2 rings (SSSR count). The van der Waals surface area contributed by atoms with Gasteiger partial charge in [0.1, 0.15) is 11.5 Å². The van der Waals surface area contributed by atoms with Crippen molar-refractivity contribution in [2.75, 3.05) is 17.2 Å². The monoisotopic (exact) mass is 368 g/mol. The number of amides is 1. The molecular weight excluding hydrogens is 355 g/mol. The summed E-state index contributed by atoms with van der Waals surface area (Å²) < 4.78 is 0.976. The Morgan fingerprint density at radius 1 is 1.32 bits per heavy atom. The molecule has 5 nitrogen and oxygen atoms in total. The lowest BCUT2D eigenvalue weighted by molar-refractivity contribution is 0.102. The van der Waals surface area contributed by atoms with E-state index in [2.05, 4.69) is 43.2 Å². The molecule has 0 unspecified atom stereocenters. The number of nitrogens with one attached hydrogen (secondary N) is 2. The minimum Gasteiger partial charge on any atom is -0.369 e. The lowest BCUT2D eigenvalue weighted by Gasteiger charge is -2.07. The highest BCUT2D eigenvalue weighted by Crippen LogP contribution is 2.17. The van der Waals surface area contributed by atoms with Gasteiger partial charge >= 0.3 is 0 Å². The normalized spacial score (nSPS) is 10.0. The van der Waals surface area contributed by atoms with E-state index in [1.807, 2.05) is 31.2 Å². The smallest absolute Gasteiger partial charge is 0.275 e. The van der Waals surface area contributed by atoms with Crippen molar-refractivity contribution >= 4 is 40.0 Å². The van der Waals surface area contributed by atoms with Gasteiger partial charge in [-0.25, -0.2) is 4.98 Å². The largest absolute Gasteiger partial charge is 0.369 e. The number of hydrogen-bond acceptors (Lipinski definition) is 4. The number of para-hydroxylation sites is 1. The first-order valence-electron chi connectivity index (χ1n) is 5.82. The zero-order chi connectivity index (χ0) is 13.7. The van der Waals surface area contributed by atoms with E-state index in [9.17, 15) is 4.79 Å². The van der Waals surface area contributed by atoms with E-state index < -0.39 is 0 Å². The number of halogens is 1. The number of benzene rings is 1. The molecule has 0 fully saturated rings. The van der Waals surface area contributed by atoms with Crippen molar-refractivity contribution in [1.82, 2.24) is 9.97 Å². The van der Waals surface area contributed by atoms with Gasteiger partial charge in [-0.2, -0.15) is 0 Å². The van der Waals surface area contributed by atoms with Crippen molar-refractivity contribution in [3.8, 4) is 0 Å². The van der Waals surface area contributed by atoms with Crippen LogP contribution in [0.4, 0.5) is 11.5 Å². The maximum Gasteiger partial charge on any atom is 0.275 e. The number of carbonyl (C=O) groups is 1. The number of hydrogen-bond donors (Lipinski definition) is 2. The van der Waals surface area contributed by atoms with Crippen molar-refractivity contribution in [2.24, 2.45) is 0 Å². The molecule has 2 aromatic rings. The Morgan fingerprint density at radius 3 is 2.84 bits per heavy atom. The SMILES string of the molecule is CCNc1cncc(C(=O)Nc2ccccc2I)n1. The predicted molar refractivity (Wildman–Crippen MR) is 83.3 cm³/mol. The van der Waals surface area contributed by atoms with Gasteiger partial charge in [-0.15, -0.1) is 0 Å². The molecule has 0 aliphatic heterocycles. The molecule has 0 saturated heterocycles. The van der Waals surface area contributed by atoms with Gasteiger partial charge in [0.05, 0.1) is 18.1 Å². The Morgan fingerprint density at radius 2 is 2.11 bits per heavy atom. The quantitative estimate of drug-likeness (QED) is 0.815. The second-order valence-corrected chi connectivity index (χ2v) is 4.92. The van der Waals surface area contributed by atoms with Crippen LogP contribution in [0.3, 0.4) is 0 Å². The molecule has 0 aliphatic rings. The molecule has 1 aromatic carbocycles. The van der Waals surface area contributed by atoms with Crippen LogP contribution in [0.1, 0.15) is 17.4 Å². The molecule has 6 heteroatoms. The van der Waals surface area contributed by atoms with Crippen molar-refractivity contribution in [3.63, 3.8) is 0 Å². The zero-order valence-electron chi connectivity index (χ0n) is 10.4. The third kappa shape index (κ3) is 3.63. The van der Waals surface area contributed by atoms with Gasteiger partial charge in [0.25, 0.3) is 5.91 Å². The Labute approximate surface area is 125 Å². The van der Waals surface area contributed by atoms with Gasteiger partial charge in [-0.05, 0) is 41.6 Å². The molecule has 0 aliphatic carbocycles. The van der Waals surface area contributed by atoms with Crippen molar-refractivity contribution in [1.29, 1.82) is 0 Å². The average Bonchev–Trinajstić information content (AvgIpc) is 2.42. The lowest BCUT2D eigenvalue weighted by atomic mass is 10.3. The second-order valence-electron chi connectivity index (χ2n) is 3.75. The van der Waals surface area contributed by atoms with Gasteiger partial charge < -0.3 is 10.6 Å². The highest BCUT2D eigenvalue weighted by atomic mass is 127. The fraction of sp³-hybridized carbons (Fsp3) is 0.154. The summed E-state index contributed by atoms with van der Waals surface area (Å²) in [5, 5.41) is 5.84. The Balaban J connectivity index is 2.16. The van der Waals surface area contributed by atoms with Crippen molar-refractivity contribution in [2.45, 2.75) is 6.92 Å². The number of nitrogens with zero attached hydrogens (tertiary/aromatic N) is 2. The van der Waals surface area contributed by atoms with E-state index in [1.54, 1.807) is 6.20 Å². The summed E-state index contributed by atoms with van der Waals surface area (Å²) >= 11 is 2.17. The predicted octanol–water partition coefficient (Wildman–Crippen LogP) is 2.77. The molecule has 2 N–H and O–H groups in total. The second kappa shape index (κ2) is 6.46. The average molecular weight is 368 g/mol. The third-order valence-electron chi connectivity index (χ3n) is 2.35. The minimum atomic E-state index is -0.267. The number of anilines is 2. The van der Waals surface area contributed by atoms with E-state index >= 15 is 0 Å². The van der Waals surface area contributed by atoms with Gasteiger partial charge in [0.2, 0.25) is 0 Å². The topological polar surface area (TPSA) is 66.9 Å². The first-order valence-corrected chi connectivity index (χ1v) is 6.90. The lowest BCUT2D eigenvalue weighted by Crippen LogP contribution is -2.15. The maximum atomic E-state index is 12.1. The van der Waals surface area contributed by atoms with Gasteiger partial charge in [0, 0.05) is 10.1 Å². The fourth-order valence-corrected chi connectivity index (χ4v) is 2.01. The molecule has 19 heavy (non-hydrogen) atoms. The number of rotatable bonds is 4. The standard InChI is InChI=1S/C13H13IN4O/c1-2-16-12-8-15-7-11(17-12)13(19)18-10-6-4-3-5-9(10)14/h3-8H,2H2,1H3,(H,16,17)(H,18,19). The molecule has 0 saturated carbocycles. The molecular formula is C13H13IN4O. The van der Waals surface area contributed by atoms with E-state index in [-0.39, 0.29) is 11.6 Å². The van der Waals surface area contributed by atoms with Crippen LogP contribution in [-0.4, -0.2) is 22.4 Å². The molecule has 0 spiro atoms. The number of carbonyl (C=O) groups excluding carboxylic acids is 1. The van der Waals surface area contributed by atoms with E-state index in [1.165, 1.54) is 6.20 Å². The molecule has 0 radical (unpaired) electrons. The minimum absolute atomic E-state index is 0.267. The van der Waals surface area contributed by atoms with Gasteiger partial charge in [-0.1, -0.05) is 12.1 Å². The maximum absolute atomic E-state index is 12.1. The van der Waals surface area contributed by atoms with E-state index in [4.69, 9.17) is 0 Å². The molecule has 98 valence electrons. The summed E-state index contributed by atoms with van der Waals surface area (Å²) in [4.78, 5) is 20.3. The molecule has 0 bridgehead atoms.